The molecule has 5 heteroatoms. The number of carbonyl (C=O) groups is 1. The summed E-state index contributed by atoms with van der Waals surface area (Å²) in [6, 6.07) is 0.723. The lowest BCUT2D eigenvalue weighted by atomic mass is 9.76. The summed E-state index contributed by atoms with van der Waals surface area (Å²) in [5, 5.41) is 13.3. The summed E-state index contributed by atoms with van der Waals surface area (Å²) in [7, 11) is 0. The van der Waals surface area contributed by atoms with Crippen LogP contribution >= 0.6 is 0 Å². The summed E-state index contributed by atoms with van der Waals surface area (Å²) < 4.78 is 5.47. The van der Waals surface area contributed by atoms with E-state index in [9.17, 15) is 9.90 Å². The molecule has 1 amide bonds. The predicted molar refractivity (Wildman–Crippen MR) is 91.3 cm³/mol. The van der Waals surface area contributed by atoms with Crippen LogP contribution in [0.15, 0.2) is 0 Å². The third kappa shape index (κ3) is 5.96. The number of piperidine rings is 1. The molecule has 3 unspecified atom stereocenters. The Kier molecular flexibility index (Phi) is 6.32. The van der Waals surface area contributed by atoms with Crippen LogP contribution in [0, 0.1) is 17.8 Å². The number of nitrogens with zero attached hydrogens (tertiary/aromatic N) is 1. The van der Waals surface area contributed by atoms with Gasteiger partial charge in [0.2, 0.25) is 0 Å². The van der Waals surface area contributed by atoms with E-state index in [1.807, 2.05) is 25.7 Å². The molecule has 3 atom stereocenters. The summed E-state index contributed by atoms with van der Waals surface area (Å²) in [4.78, 5) is 14.0. The number of carbonyl (C=O) groups excluding carboxylic acids is 1. The minimum atomic E-state index is -0.445. The Morgan fingerprint density at radius 3 is 2.57 bits per heavy atom. The zero-order valence-corrected chi connectivity index (χ0v) is 15.2. The second-order valence-electron chi connectivity index (χ2n) is 8.32. The van der Waals surface area contributed by atoms with Crippen molar-refractivity contribution in [3.63, 3.8) is 0 Å². The van der Waals surface area contributed by atoms with Gasteiger partial charge in [0.15, 0.2) is 0 Å². The monoisotopic (exact) mass is 326 g/mol. The van der Waals surface area contributed by atoms with E-state index in [1.54, 1.807) is 0 Å². The lowest BCUT2D eigenvalue weighted by molar-refractivity contribution is 0.00271. The fourth-order valence-corrected chi connectivity index (χ4v) is 3.56. The summed E-state index contributed by atoms with van der Waals surface area (Å²) in [5.74, 6) is 1.21. The topological polar surface area (TPSA) is 61.8 Å². The van der Waals surface area contributed by atoms with Gasteiger partial charge in [-0.15, -0.1) is 0 Å². The van der Waals surface area contributed by atoms with E-state index in [0.29, 0.717) is 17.8 Å². The third-order valence-corrected chi connectivity index (χ3v) is 4.99. The number of amides is 1. The molecule has 1 heterocycles. The molecule has 0 bridgehead atoms. The Morgan fingerprint density at radius 2 is 2.04 bits per heavy atom. The highest BCUT2D eigenvalue weighted by atomic mass is 16.6. The standard InChI is InChI=1S/C18H34N2O3/c1-13-11-20(17(22)23-18(2,3)4)10-8-16(13)14(12-21)7-9-19-15-5-6-15/h13-16,19,21H,5-12H2,1-4H3. The molecule has 0 aromatic rings. The van der Waals surface area contributed by atoms with Crippen LogP contribution in [0.1, 0.15) is 53.4 Å². The van der Waals surface area contributed by atoms with Gasteiger partial charge in [-0.25, -0.2) is 4.79 Å². The molecule has 0 aromatic carbocycles. The van der Waals surface area contributed by atoms with E-state index in [4.69, 9.17) is 4.74 Å². The first kappa shape index (κ1) is 18.5. The van der Waals surface area contributed by atoms with Gasteiger partial charge in [-0.2, -0.15) is 0 Å². The van der Waals surface area contributed by atoms with Gasteiger partial charge in [-0.3, -0.25) is 0 Å². The van der Waals surface area contributed by atoms with E-state index in [2.05, 4.69) is 12.2 Å². The molecular weight excluding hydrogens is 292 g/mol. The third-order valence-electron chi connectivity index (χ3n) is 4.99. The van der Waals surface area contributed by atoms with Crippen LogP contribution in [0.3, 0.4) is 0 Å². The smallest absolute Gasteiger partial charge is 0.410 e. The molecule has 0 aromatic heterocycles. The molecule has 2 rings (SSSR count). The van der Waals surface area contributed by atoms with Gasteiger partial charge in [0.05, 0.1) is 0 Å². The molecule has 5 nitrogen and oxygen atoms in total. The average Bonchev–Trinajstić information content (AvgIpc) is 3.26. The van der Waals surface area contributed by atoms with Gasteiger partial charge in [0.25, 0.3) is 0 Å². The van der Waals surface area contributed by atoms with Crippen LogP contribution in [-0.4, -0.2) is 54.0 Å². The van der Waals surface area contributed by atoms with Crippen LogP contribution in [0.5, 0.6) is 0 Å². The number of aliphatic hydroxyl groups excluding tert-OH is 1. The predicted octanol–water partition coefficient (Wildman–Crippen LogP) is 2.63. The molecule has 2 N–H and O–H groups in total. The second-order valence-corrected chi connectivity index (χ2v) is 8.32. The molecule has 0 radical (unpaired) electrons. The van der Waals surface area contributed by atoms with E-state index >= 15 is 0 Å². The molecule has 1 saturated carbocycles. The van der Waals surface area contributed by atoms with Crippen LogP contribution in [-0.2, 0) is 4.74 Å². The Bertz CT molecular complexity index is 390. The highest BCUT2D eigenvalue weighted by Gasteiger charge is 2.35. The normalized spacial score (nSPS) is 26.9. The second kappa shape index (κ2) is 7.84. The SMILES string of the molecule is CC1CN(C(=O)OC(C)(C)C)CCC1C(CO)CCNC1CC1. The van der Waals surface area contributed by atoms with Crippen molar-refractivity contribution >= 4 is 6.09 Å². The van der Waals surface area contributed by atoms with Crippen molar-refractivity contribution in [2.75, 3.05) is 26.2 Å². The number of likely N-dealkylation sites (tertiary alicyclic amines) is 1. The van der Waals surface area contributed by atoms with Crippen LogP contribution in [0.4, 0.5) is 4.79 Å². The highest BCUT2D eigenvalue weighted by molar-refractivity contribution is 5.68. The summed E-state index contributed by atoms with van der Waals surface area (Å²) in [6.45, 7) is 10.6. The summed E-state index contributed by atoms with van der Waals surface area (Å²) in [5.41, 5.74) is -0.445. The minimum absolute atomic E-state index is 0.209. The molecule has 1 aliphatic heterocycles. The maximum absolute atomic E-state index is 12.2. The molecule has 1 saturated heterocycles. The largest absolute Gasteiger partial charge is 0.444 e. The molecule has 134 valence electrons. The Morgan fingerprint density at radius 1 is 1.35 bits per heavy atom. The van der Waals surface area contributed by atoms with Crippen molar-refractivity contribution in [3.05, 3.63) is 0 Å². The number of nitrogens with one attached hydrogen (secondary N) is 1. The molecule has 2 fully saturated rings. The highest BCUT2D eigenvalue weighted by Crippen LogP contribution is 2.32. The fraction of sp³-hybridized carbons (Fsp3) is 0.944. The van der Waals surface area contributed by atoms with Gasteiger partial charge in [-0.1, -0.05) is 6.92 Å². The minimum Gasteiger partial charge on any atom is -0.444 e. The lowest BCUT2D eigenvalue weighted by Crippen LogP contribution is -2.47. The number of ether oxygens (including phenoxy) is 1. The molecule has 2 aliphatic rings. The Hall–Kier alpha value is -0.810. The number of rotatable bonds is 6. The fourth-order valence-electron chi connectivity index (χ4n) is 3.56. The molecule has 23 heavy (non-hydrogen) atoms. The van der Waals surface area contributed by atoms with Crippen molar-refractivity contribution in [2.24, 2.45) is 17.8 Å². The van der Waals surface area contributed by atoms with Crippen molar-refractivity contribution in [1.29, 1.82) is 0 Å². The first-order valence-corrected chi connectivity index (χ1v) is 9.12. The van der Waals surface area contributed by atoms with E-state index in [-0.39, 0.29) is 12.7 Å². The van der Waals surface area contributed by atoms with Gasteiger partial charge in [0, 0.05) is 25.7 Å². The summed E-state index contributed by atoms with van der Waals surface area (Å²) >= 11 is 0. The number of hydrogen-bond donors (Lipinski definition) is 2. The van der Waals surface area contributed by atoms with Crippen LogP contribution in [0.25, 0.3) is 0 Å². The van der Waals surface area contributed by atoms with E-state index in [1.165, 1.54) is 12.8 Å². The maximum Gasteiger partial charge on any atom is 0.410 e. The van der Waals surface area contributed by atoms with Crippen molar-refractivity contribution < 1.29 is 14.6 Å². The van der Waals surface area contributed by atoms with Crippen molar-refractivity contribution in [2.45, 2.75) is 65.0 Å². The number of hydrogen-bond acceptors (Lipinski definition) is 4. The Balaban J connectivity index is 1.80. The molecule has 1 aliphatic carbocycles. The van der Waals surface area contributed by atoms with Gasteiger partial charge < -0.3 is 20.1 Å². The van der Waals surface area contributed by atoms with Crippen LogP contribution in [0.2, 0.25) is 0 Å². The zero-order valence-electron chi connectivity index (χ0n) is 15.2. The Labute approximate surface area is 140 Å². The van der Waals surface area contributed by atoms with Crippen LogP contribution < -0.4 is 5.32 Å². The first-order valence-electron chi connectivity index (χ1n) is 9.12. The summed E-state index contributed by atoms with van der Waals surface area (Å²) in [6.07, 6.45) is 4.37. The van der Waals surface area contributed by atoms with E-state index < -0.39 is 5.60 Å². The average molecular weight is 326 g/mol. The molecular formula is C18H34N2O3. The van der Waals surface area contributed by atoms with Gasteiger partial charge >= 0.3 is 6.09 Å². The van der Waals surface area contributed by atoms with Gasteiger partial charge in [-0.05, 0) is 70.8 Å². The van der Waals surface area contributed by atoms with Crippen molar-refractivity contribution in [1.82, 2.24) is 10.2 Å². The van der Waals surface area contributed by atoms with E-state index in [0.717, 1.165) is 38.5 Å². The quantitative estimate of drug-likeness (QED) is 0.788. The first-order chi connectivity index (χ1) is 10.8. The maximum atomic E-state index is 12.2. The zero-order chi connectivity index (χ0) is 17.0. The number of aliphatic hydroxyl groups is 1. The van der Waals surface area contributed by atoms with Gasteiger partial charge in [0.1, 0.15) is 5.60 Å². The van der Waals surface area contributed by atoms with Crippen molar-refractivity contribution in [3.8, 4) is 0 Å². The lowest BCUT2D eigenvalue weighted by Gasteiger charge is -2.40. The molecule has 0 spiro atoms.